The quantitative estimate of drug-likeness (QED) is 0.686. The number of hydrogen-bond acceptors (Lipinski definition) is 3. The molecule has 0 aromatic heterocycles. The van der Waals surface area contributed by atoms with E-state index < -0.39 is 5.91 Å². The molecule has 0 heterocycles. The number of amides is 1. The first-order valence-electron chi connectivity index (χ1n) is 4.79. The predicted octanol–water partition coefficient (Wildman–Crippen LogP) is 2.11. The van der Waals surface area contributed by atoms with Crippen LogP contribution in [0.25, 0.3) is 6.08 Å². The van der Waals surface area contributed by atoms with E-state index >= 15 is 0 Å². The molecule has 0 aliphatic rings. The van der Waals surface area contributed by atoms with Gasteiger partial charge < -0.3 is 10.1 Å². The number of nitriles is 1. The summed E-state index contributed by atoms with van der Waals surface area (Å²) in [5, 5.41) is 11.3. The molecule has 0 fully saturated rings. The largest absolute Gasteiger partial charge is 0.496 e. The Labute approximate surface area is 108 Å². The van der Waals surface area contributed by atoms with Crippen molar-refractivity contribution >= 4 is 27.9 Å². The number of ether oxygens (including phenoxy) is 1. The Morgan fingerprint density at radius 2 is 2.29 bits per heavy atom. The molecule has 88 valence electrons. The number of rotatable bonds is 3. The zero-order chi connectivity index (χ0) is 12.8. The summed E-state index contributed by atoms with van der Waals surface area (Å²) in [6, 6.07) is 7.21. The topological polar surface area (TPSA) is 62.1 Å². The van der Waals surface area contributed by atoms with Gasteiger partial charge in [0.25, 0.3) is 5.91 Å². The molecule has 17 heavy (non-hydrogen) atoms. The van der Waals surface area contributed by atoms with Gasteiger partial charge in [0.2, 0.25) is 0 Å². The van der Waals surface area contributed by atoms with Crippen LogP contribution in [-0.2, 0) is 4.79 Å². The van der Waals surface area contributed by atoms with E-state index in [0.29, 0.717) is 11.3 Å². The number of methoxy groups -OCH3 is 1. The minimum absolute atomic E-state index is 0.0314. The average molecular weight is 295 g/mol. The predicted molar refractivity (Wildman–Crippen MR) is 68.4 cm³/mol. The lowest BCUT2D eigenvalue weighted by Crippen LogP contribution is -2.19. The van der Waals surface area contributed by atoms with Crippen molar-refractivity contribution in [3.8, 4) is 11.8 Å². The average Bonchev–Trinajstić information content (AvgIpc) is 2.35. The number of likely N-dealkylation sites (N-methyl/N-ethyl adjacent to an activating group) is 1. The Morgan fingerprint density at radius 3 is 2.82 bits per heavy atom. The van der Waals surface area contributed by atoms with Crippen LogP contribution < -0.4 is 10.1 Å². The Hall–Kier alpha value is -1.80. The first-order valence-corrected chi connectivity index (χ1v) is 5.59. The summed E-state index contributed by atoms with van der Waals surface area (Å²) in [4.78, 5) is 11.4. The number of carbonyl (C=O) groups excluding carboxylic acids is 1. The number of hydrogen-bond donors (Lipinski definition) is 1. The highest BCUT2D eigenvalue weighted by Crippen LogP contribution is 2.25. The minimum atomic E-state index is -0.422. The number of nitrogens with zero attached hydrogens (tertiary/aromatic N) is 1. The molecule has 1 amide bonds. The van der Waals surface area contributed by atoms with Gasteiger partial charge in [-0.1, -0.05) is 15.9 Å². The van der Waals surface area contributed by atoms with Crippen LogP contribution in [0.15, 0.2) is 28.2 Å². The smallest absolute Gasteiger partial charge is 0.261 e. The highest BCUT2D eigenvalue weighted by atomic mass is 79.9. The molecule has 0 atom stereocenters. The Kier molecular flexibility index (Phi) is 4.73. The summed E-state index contributed by atoms with van der Waals surface area (Å²) in [5.74, 6) is 0.180. The Bertz CT molecular complexity index is 504. The fraction of sp³-hybridized carbons (Fsp3) is 0.167. The zero-order valence-corrected chi connectivity index (χ0v) is 11.0. The van der Waals surface area contributed by atoms with E-state index in [-0.39, 0.29) is 5.57 Å². The van der Waals surface area contributed by atoms with Crippen molar-refractivity contribution in [2.75, 3.05) is 14.2 Å². The Morgan fingerprint density at radius 1 is 1.59 bits per heavy atom. The van der Waals surface area contributed by atoms with E-state index in [9.17, 15) is 4.79 Å². The van der Waals surface area contributed by atoms with Crippen LogP contribution in [0.1, 0.15) is 5.56 Å². The van der Waals surface area contributed by atoms with E-state index in [2.05, 4.69) is 21.2 Å². The van der Waals surface area contributed by atoms with Crippen molar-refractivity contribution in [2.45, 2.75) is 0 Å². The molecule has 0 radical (unpaired) electrons. The third kappa shape index (κ3) is 3.33. The van der Waals surface area contributed by atoms with Crippen molar-refractivity contribution < 1.29 is 9.53 Å². The van der Waals surface area contributed by atoms with E-state index in [1.54, 1.807) is 12.1 Å². The summed E-state index contributed by atoms with van der Waals surface area (Å²) < 4.78 is 6.00. The van der Waals surface area contributed by atoms with E-state index in [1.807, 2.05) is 12.1 Å². The number of benzene rings is 1. The van der Waals surface area contributed by atoms with Crippen molar-refractivity contribution in [2.24, 2.45) is 0 Å². The van der Waals surface area contributed by atoms with E-state index in [4.69, 9.17) is 10.00 Å². The molecule has 0 spiro atoms. The lowest BCUT2D eigenvalue weighted by atomic mass is 10.1. The summed E-state index contributed by atoms with van der Waals surface area (Å²) in [7, 11) is 3.01. The second kappa shape index (κ2) is 6.06. The summed E-state index contributed by atoms with van der Waals surface area (Å²) in [6.45, 7) is 0. The normalized spacial score (nSPS) is 10.6. The van der Waals surface area contributed by atoms with Gasteiger partial charge in [-0.2, -0.15) is 5.26 Å². The van der Waals surface area contributed by atoms with E-state index in [0.717, 1.165) is 4.47 Å². The number of halogens is 1. The van der Waals surface area contributed by atoms with Crippen LogP contribution in [0, 0.1) is 11.3 Å². The van der Waals surface area contributed by atoms with E-state index in [1.165, 1.54) is 20.2 Å². The summed E-state index contributed by atoms with van der Waals surface area (Å²) in [6.07, 6.45) is 1.49. The second-order valence-electron chi connectivity index (χ2n) is 3.14. The van der Waals surface area contributed by atoms with Gasteiger partial charge in [0.1, 0.15) is 17.4 Å². The van der Waals surface area contributed by atoms with Gasteiger partial charge in [-0.3, -0.25) is 4.79 Å². The standard InChI is InChI=1S/C12H11BrN2O2/c1-15-12(16)9(7-14)5-8-6-10(13)3-4-11(8)17-2/h3-6H,1-2H3,(H,15,16)/b9-5+. The monoisotopic (exact) mass is 294 g/mol. The summed E-state index contributed by atoms with van der Waals surface area (Å²) >= 11 is 3.32. The molecule has 1 N–H and O–H groups in total. The van der Waals surface area contributed by atoms with Crippen molar-refractivity contribution in [1.29, 1.82) is 5.26 Å². The maximum atomic E-state index is 11.4. The van der Waals surface area contributed by atoms with Gasteiger partial charge in [0.05, 0.1) is 7.11 Å². The van der Waals surface area contributed by atoms with Crippen LogP contribution in [0.4, 0.5) is 0 Å². The third-order valence-electron chi connectivity index (χ3n) is 2.08. The van der Waals surface area contributed by atoms with Gasteiger partial charge in [0, 0.05) is 17.1 Å². The van der Waals surface area contributed by atoms with Gasteiger partial charge in [0.15, 0.2) is 0 Å². The molecule has 4 nitrogen and oxygen atoms in total. The lowest BCUT2D eigenvalue weighted by Gasteiger charge is -2.05. The van der Waals surface area contributed by atoms with Gasteiger partial charge in [-0.05, 0) is 24.3 Å². The molecule has 0 saturated carbocycles. The zero-order valence-electron chi connectivity index (χ0n) is 9.45. The fourth-order valence-electron chi connectivity index (χ4n) is 1.26. The molecule has 1 aromatic rings. The van der Waals surface area contributed by atoms with Crippen LogP contribution in [0.2, 0.25) is 0 Å². The highest BCUT2D eigenvalue weighted by Gasteiger charge is 2.08. The maximum Gasteiger partial charge on any atom is 0.261 e. The lowest BCUT2D eigenvalue weighted by molar-refractivity contribution is -0.116. The van der Waals surface area contributed by atoms with Crippen LogP contribution in [0.5, 0.6) is 5.75 Å². The number of carbonyl (C=O) groups is 1. The second-order valence-corrected chi connectivity index (χ2v) is 4.05. The molecule has 1 rings (SSSR count). The molecule has 0 aliphatic carbocycles. The molecular formula is C12H11BrN2O2. The molecule has 0 unspecified atom stereocenters. The van der Waals surface area contributed by atoms with Crippen molar-refractivity contribution in [3.63, 3.8) is 0 Å². The molecule has 5 heteroatoms. The van der Waals surface area contributed by atoms with Gasteiger partial charge in [-0.25, -0.2) is 0 Å². The first-order chi connectivity index (χ1) is 8.12. The van der Waals surface area contributed by atoms with Crippen molar-refractivity contribution in [1.82, 2.24) is 5.32 Å². The summed E-state index contributed by atoms with van der Waals surface area (Å²) in [5.41, 5.74) is 0.700. The first kappa shape index (κ1) is 13.3. The van der Waals surface area contributed by atoms with Crippen LogP contribution >= 0.6 is 15.9 Å². The van der Waals surface area contributed by atoms with Gasteiger partial charge >= 0.3 is 0 Å². The van der Waals surface area contributed by atoms with Crippen LogP contribution in [-0.4, -0.2) is 20.1 Å². The minimum Gasteiger partial charge on any atom is -0.496 e. The fourth-order valence-corrected chi connectivity index (χ4v) is 1.64. The Balaban J connectivity index is 3.24. The molecular weight excluding hydrogens is 284 g/mol. The molecule has 0 bridgehead atoms. The third-order valence-corrected chi connectivity index (χ3v) is 2.58. The highest BCUT2D eigenvalue weighted by molar-refractivity contribution is 9.10. The molecule has 0 saturated heterocycles. The van der Waals surface area contributed by atoms with Crippen LogP contribution in [0.3, 0.4) is 0 Å². The van der Waals surface area contributed by atoms with Gasteiger partial charge in [-0.15, -0.1) is 0 Å². The SMILES string of the molecule is CNC(=O)/C(C#N)=C/c1cc(Br)ccc1OC. The maximum absolute atomic E-state index is 11.4. The number of nitrogens with one attached hydrogen (secondary N) is 1. The molecule has 0 aliphatic heterocycles. The molecule has 1 aromatic carbocycles. The van der Waals surface area contributed by atoms with Crippen molar-refractivity contribution in [3.05, 3.63) is 33.8 Å².